The molecule has 25 heavy (non-hydrogen) atoms. The van der Waals surface area contributed by atoms with Crippen LogP contribution in [0.3, 0.4) is 0 Å². The number of allylic oxidation sites excluding steroid dienone is 3. The molecule has 3 aromatic rings. The van der Waals surface area contributed by atoms with Crippen LogP contribution in [0.4, 0.5) is 0 Å². The molecule has 0 radical (unpaired) electrons. The molecule has 3 aromatic heterocycles. The van der Waals surface area contributed by atoms with Gasteiger partial charge in [0.1, 0.15) is 12.0 Å². The SMILES string of the molecule is C=CC(=O)CC1CCC=C(c2ncnc3[nH]cc(-c4cccs4)c23)C1. The minimum Gasteiger partial charge on any atom is -0.345 e. The minimum atomic E-state index is 0.125. The van der Waals surface area contributed by atoms with E-state index >= 15 is 0 Å². The number of ketones is 1. The molecule has 0 bridgehead atoms. The molecule has 5 heteroatoms. The Kier molecular flexibility index (Phi) is 4.32. The maximum Gasteiger partial charge on any atom is 0.155 e. The normalized spacial score (nSPS) is 17.4. The summed E-state index contributed by atoms with van der Waals surface area (Å²) in [6.07, 6.45) is 10.8. The zero-order chi connectivity index (χ0) is 17.2. The molecule has 0 aromatic carbocycles. The average molecular weight is 349 g/mol. The fraction of sp³-hybridized carbons (Fsp3) is 0.250. The number of aromatic nitrogens is 3. The van der Waals surface area contributed by atoms with Gasteiger partial charge in [-0.15, -0.1) is 11.3 Å². The van der Waals surface area contributed by atoms with Crippen molar-refractivity contribution in [2.75, 3.05) is 0 Å². The molecule has 1 atom stereocenters. The summed E-state index contributed by atoms with van der Waals surface area (Å²) >= 11 is 1.71. The Balaban J connectivity index is 1.74. The highest BCUT2D eigenvalue weighted by atomic mass is 32.1. The smallest absolute Gasteiger partial charge is 0.155 e. The highest BCUT2D eigenvalue weighted by Crippen LogP contribution is 2.39. The molecule has 0 spiro atoms. The molecule has 1 unspecified atom stereocenters. The first-order chi connectivity index (χ1) is 12.3. The zero-order valence-electron chi connectivity index (χ0n) is 13.9. The fourth-order valence-electron chi connectivity index (χ4n) is 3.56. The van der Waals surface area contributed by atoms with E-state index < -0.39 is 0 Å². The Bertz CT molecular complexity index is 953. The van der Waals surface area contributed by atoms with Crippen LogP contribution in [0.1, 0.15) is 31.4 Å². The molecule has 4 rings (SSSR count). The van der Waals surface area contributed by atoms with Gasteiger partial charge in [0.15, 0.2) is 5.78 Å². The molecule has 1 N–H and O–H groups in total. The summed E-state index contributed by atoms with van der Waals surface area (Å²) in [6, 6.07) is 4.17. The third-order valence-corrected chi connectivity index (χ3v) is 5.66. The number of nitrogens with zero attached hydrogens (tertiary/aromatic N) is 2. The van der Waals surface area contributed by atoms with Crippen molar-refractivity contribution in [3.8, 4) is 10.4 Å². The molecule has 0 saturated heterocycles. The predicted octanol–water partition coefficient (Wildman–Crippen LogP) is 5.02. The Morgan fingerprint density at radius 2 is 2.36 bits per heavy atom. The lowest BCUT2D eigenvalue weighted by atomic mass is 9.83. The molecule has 4 nitrogen and oxygen atoms in total. The lowest BCUT2D eigenvalue weighted by Crippen LogP contribution is -2.11. The third kappa shape index (κ3) is 3.07. The molecule has 1 aliphatic carbocycles. The van der Waals surface area contributed by atoms with Gasteiger partial charge in [-0.25, -0.2) is 9.97 Å². The molecule has 3 heterocycles. The molecule has 126 valence electrons. The average Bonchev–Trinajstić information content (AvgIpc) is 3.30. The maximum atomic E-state index is 11.7. The number of aromatic amines is 1. The van der Waals surface area contributed by atoms with Crippen LogP contribution in [0.25, 0.3) is 27.0 Å². The first kappa shape index (κ1) is 16.0. The van der Waals surface area contributed by atoms with Crippen molar-refractivity contribution < 1.29 is 4.79 Å². The Labute approximate surface area is 150 Å². The third-order valence-electron chi connectivity index (χ3n) is 4.75. The van der Waals surface area contributed by atoms with E-state index in [1.807, 2.05) is 6.20 Å². The standard InChI is InChI=1S/C20H19N3OS/c1-2-15(24)10-13-5-3-6-14(9-13)19-18-16(17-7-4-8-25-17)11-21-20(18)23-12-22-19/h2,4,6-8,11-13H,1,3,5,9-10H2,(H,21,22,23). The van der Waals surface area contributed by atoms with E-state index in [9.17, 15) is 4.79 Å². The molecule has 0 fully saturated rings. The first-order valence-corrected chi connectivity index (χ1v) is 9.35. The van der Waals surface area contributed by atoms with Crippen molar-refractivity contribution in [2.24, 2.45) is 5.92 Å². The number of H-pyrrole nitrogens is 1. The van der Waals surface area contributed by atoms with Crippen LogP contribution in [0, 0.1) is 5.92 Å². The molecular weight excluding hydrogens is 330 g/mol. The van der Waals surface area contributed by atoms with E-state index in [4.69, 9.17) is 0 Å². The summed E-state index contributed by atoms with van der Waals surface area (Å²) in [5.74, 6) is 0.486. The van der Waals surface area contributed by atoms with E-state index in [1.165, 1.54) is 16.5 Å². The van der Waals surface area contributed by atoms with Gasteiger partial charge in [-0.05, 0) is 48.3 Å². The number of hydrogen-bond donors (Lipinski definition) is 1. The van der Waals surface area contributed by atoms with Crippen LogP contribution in [-0.2, 0) is 4.79 Å². The fourth-order valence-corrected chi connectivity index (χ4v) is 4.31. The lowest BCUT2D eigenvalue weighted by molar-refractivity contribution is -0.115. The summed E-state index contributed by atoms with van der Waals surface area (Å²) in [5, 5.41) is 3.15. The second kappa shape index (κ2) is 6.76. The van der Waals surface area contributed by atoms with Crippen LogP contribution in [0.15, 0.2) is 48.8 Å². The Morgan fingerprint density at radius 3 is 3.16 bits per heavy atom. The topological polar surface area (TPSA) is 58.6 Å². The van der Waals surface area contributed by atoms with Gasteiger partial charge in [0, 0.05) is 23.1 Å². The van der Waals surface area contributed by atoms with Crippen molar-refractivity contribution in [3.05, 3.63) is 54.5 Å². The number of carbonyl (C=O) groups is 1. The predicted molar refractivity (Wildman–Crippen MR) is 102 cm³/mol. The van der Waals surface area contributed by atoms with E-state index in [0.29, 0.717) is 12.3 Å². The van der Waals surface area contributed by atoms with Crippen molar-refractivity contribution >= 4 is 33.7 Å². The van der Waals surface area contributed by atoms with Gasteiger partial charge in [0.2, 0.25) is 0 Å². The van der Waals surface area contributed by atoms with Gasteiger partial charge in [0.25, 0.3) is 0 Å². The summed E-state index contributed by atoms with van der Waals surface area (Å²) in [4.78, 5) is 25.2. The highest BCUT2D eigenvalue weighted by Gasteiger charge is 2.22. The zero-order valence-corrected chi connectivity index (χ0v) is 14.7. The van der Waals surface area contributed by atoms with Crippen molar-refractivity contribution in [2.45, 2.75) is 25.7 Å². The molecule has 1 aliphatic rings. The second-order valence-electron chi connectivity index (χ2n) is 6.38. The Morgan fingerprint density at radius 1 is 1.44 bits per heavy atom. The maximum absolute atomic E-state index is 11.7. The van der Waals surface area contributed by atoms with E-state index in [2.05, 4.69) is 45.1 Å². The van der Waals surface area contributed by atoms with Crippen molar-refractivity contribution in [3.63, 3.8) is 0 Å². The summed E-state index contributed by atoms with van der Waals surface area (Å²) in [7, 11) is 0. The van der Waals surface area contributed by atoms with Crippen molar-refractivity contribution in [1.29, 1.82) is 0 Å². The van der Waals surface area contributed by atoms with Crippen LogP contribution in [-0.4, -0.2) is 20.7 Å². The summed E-state index contributed by atoms with van der Waals surface area (Å²) in [6.45, 7) is 3.59. The van der Waals surface area contributed by atoms with Gasteiger partial charge in [-0.3, -0.25) is 4.79 Å². The van der Waals surface area contributed by atoms with E-state index in [0.717, 1.165) is 41.6 Å². The second-order valence-corrected chi connectivity index (χ2v) is 7.32. The first-order valence-electron chi connectivity index (χ1n) is 8.47. The van der Waals surface area contributed by atoms with Crippen LogP contribution in [0.5, 0.6) is 0 Å². The van der Waals surface area contributed by atoms with Gasteiger partial charge >= 0.3 is 0 Å². The number of nitrogens with one attached hydrogen (secondary N) is 1. The quantitative estimate of drug-likeness (QED) is 0.658. The van der Waals surface area contributed by atoms with Gasteiger partial charge in [-0.2, -0.15) is 0 Å². The number of fused-ring (bicyclic) bond motifs is 1. The van der Waals surface area contributed by atoms with Gasteiger partial charge < -0.3 is 4.98 Å². The van der Waals surface area contributed by atoms with Crippen molar-refractivity contribution in [1.82, 2.24) is 15.0 Å². The van der Waals surface area contributed by atoms with E-state index in [-0.39, 0.29) is 5.78 Å². The molecular formula is C20H19N3OS. The lowest BCUT2D eigenvalue weighted by Gasteiger charge is -2.22. The van der Waals surface area contributed by atoms with Crippen LogP contribution < -0.4 is 0 Å². The van der Waals surface area contributed by atoms with Gasteiger partial charge in [0.05, 0.1) is 11.1 Å². The number of carbonyl (C=O) groups excluding carboxylic acids is 1. The minimum absolute atomic E-state index is 0.125. The monoisotopic (exact) mass is 349 g/mol. The Hall–Kier alpha value is -2.53. The number of hydrogen-bond acceptors (Lipinski definition) is 4. The van der Waals surface area contributed by atoms with Gasteiger partial charge in [-0.1, -0.05) is 18.7 Å². The number of thiophene rings is 1. The number of rotatable bonds is 5. The molecule has 0 saturated carbocycles. The van der Waals surface area contributed by atoms with Crippen LogP contribution >= 0.6 is 11.3 Å². The van der Waals surface area contributed by atoms with Crippen LogP contribution in [0.2, 0.25) is 0 Å². The molecule has 0 aliphatic heterocycles. The molecule has 0 amide bonds. The summed E-state index contributed by atoms with van der Waals surface area (Å²) < 4.78 is 0. The highest BCUT2D eigenvalue weighted by molar-refractivity contribution is 7.13. The van der Waals surface area contributed by atoms with E-state index in [1.54, 1.807) is 17.7 Å². The largest absolute Gasteiger partial charge is 0.345 e. The summed E-state index contributed by atoms with van der Waals surface area (Å²) in [5.41, 5.74) is 4.22.